The minimum atomic E-state index is -0.934. The van der Waals surface area contributed by atoms with Crippen LogP contribution in [0.2, 0.25) is 0 Å². The number of aryl methyl sites for hydroxylation is 1. The lowest BCUT2D eigenvalue weighted by Crippen LogP contribution is -2.40. The maximum atomic E-state index is 13.9. The quantitative estimate of drug-likeness (QED) is 0.764. The lowest BCUT2D eigenvalue weighted by Gasteiger charge is -2.31. The summed E-state index contributed by atoms with van der Waals surface area (Å²) in [5.41, 5.74) is 2.64. The van der Waals surface area contributed by atoms with Gasteiger partial charge in [-0.3, -0.25) is 4.79 Å². The second-order valence-electron chi connectivity index (χ2n) is 6.67. The van der Waals surface area contributed by atoms with Crippen LogP contribution in [0, 0.1) is 18.6 Å². The summed E-state index contributed by atoms with van der Waals surface area (Å²) in [5, 5.41) is 0. The van der Waals surface area contributed by atoms with Gasteiger partial charge in [-0.2, -0.15) is 0 Å². The SMILES string of the molecule is Cc1cccc2[nH]c([C@@H]3CCCN(C(=O)c4ncc(F)cc4F)C3)nc12. The van der Waals surface area contributed by atoms with Gasteiger partial charge in [0, 0.05) is 25.1 Å². The number of piperidine rings is 1. The number of carbonyl (C=O) groups is 1. The maximum absolute atomic E-state index is 13.9. The lowest BCUT2D eigenvalue weighted by atomic mass is 9.97. The van der Waals surface area contributed by atoms with Crippen LogP contribution in [-0.4, -0.2) is 38.8 Å². The summed E-state index contributed by atoms with van der Waals surface area (Å²) in [6.07, 6.45) is 2.54. The minimum Gasteiger partial charge on any atom is -0.342 e. The Kier molecular flexibility index (Phi) is 4.14. The number of likely N-dealkylation sites (tertiary alicyclic amines) is 1. The number of para-hydroxylation sites is 1. The number of amides is 1. The van der Waals surface area contributed by atoms with Crippen molar-refractivity contribution in [1.82, 2.24) is 19.9 Å². The standard InChI is InChI=1S/C19H18F2N4O/c1-11-4-2-6-15-16(11)24-18(23-15)12-5-3-7-25(10-12)19(26)17-14(21)8-13(20)9-22-17/h2,4,6,8-9,12H,3,5,7,10H2,1H3,(H,23,24)/t12-/m1/s1. The Morgan fingerprint density at radius 1 is 1.35 bits per heavy atom. The Morgan fingerprint density at radius 3 is 2.96 bits per heavy atom. The predicted molar refractivity (Wildman–Crippen MR) is 92.9 cm³/mol. The number of H-pyrrole nitrogens is 1. The summed E-state index contributed by atoms with van der Waals surface area (Å²) >= 11 is 0. The van der Waals surface area contributed by atoms with Gasteiger partial charge in [0.1, 0.15) is 11.6 Å². The van der Waals surface area contributed by atoms with Crippen LogP contribution < -0.4 is 0 Å². The number of aromatic amines is 1. The molecule has 1 aliphatic rings. The molecule has 2 aromatic heterocycles. The number of nitrogens with one attached hydrogen (secondary N) is 1. The highest BCUT2D eigenvalue weighted by atomic mass is 19.1. The first-order valence-electron chi connectivity index (χ1n) is 8.58. The fraction of sp³-hybridized carbons (Fsp3) is 0.316. The molecule has 7 heteroatoms. The van der Waals surface area contributed by atoms with Gasteiger partial charge in [-0.15, -0.1) is 0 Å². The zero-order valence-corrected chi connectivity index (χ0v) is 14.3. The van der Waals surface area contributed by atoms with Crippen molar-refractivity contribution in [2.45, 2.75) is 25.7 Å². The number of rotatable bonds is 2. The van der Waals surface area contributed by atoms with E-state index in [1.165, 1.54) is 0 Å². The number of hydrogen-bond donors (Lipinski definition) is 1. The highest BCUT2D eigenvalue weighted by molar-refractivity contribution is 5.92. The van der Waals surface area contributed by atoms with Gasteiger partial charge in [-0.05, 0) is 31.4 Å². The van der Waals surface area contributed by atoms with Crippen molar-refractivity contribution in [3.8, 4) is 0 Å². The number of benzene rings is 1. The third-order valence-corrected chi connectivity index (χ3v) is 4.84. The molecule has 5 nitrogen and oxygen atoms in total. The van der Waals surface area contributed by atoms with Crippen molar-refractivity contribution in [3.63, 3.8) is 0 Å². The van der Waals surface area contributed by atoms with Crippen LogP contribution in [0.4, 0.5) is 8.78 Å². The number of imidazole rings is 1. The number of pyridine rings is 1. The normalized spacial score (nSPS) is 17.7. The molecule has 1 amide bonds. The average Bonchev–Trinajstić information content (AvgIpc) is 3.07. The number of halogens is 2. The first-order chi connectivity index (χ1) is 12.5. The second kappa shape index (κ2) is 6.48. The van der Waals surface area contributed by atoms with Crippen LogP contribution in [0.15, 0.2) is 30.5 Å². The van der Waals surface area contributed by atoms with Gasteiger partial charge in [-0.1, -0.05) is 12.1 Å². The zero-order chi connectivity index (χ0) is 18.3. The molecule has 1 saturated heterocycles. The van der Waals surface area contributed by atoms with Crippen molar-refractivity contribution in [2.75, 3.05) is 13.1 Å². The number of hydrogen-bond acceptors (Lipinski definition) is 3. The fourth-order valence-corrected chi connectivity index (χ4v) is 3.49. The van der Waals surface area contributed by atoms with Crippen LogP contribution in [-0.2, 0) is 0 Å². The molecular formula is C19H18F2N4O. The van der Waals surface area contributed by atoms with Crippen LogP contribution in [0.3, 0.4) is 0 Å². The van der Waals surface area contributed by atoms with E-state index in [1.54, 1.807) is 4.90 Å². The van der Waals surface area contributed by atoms with E-state index < -0.39 is 17.5 Å². The number of nitrogens with zero attached hydrogens (tertiary/aromatic N) is 3. The number of carbonyl (C=O) groups excluding carboxylic acids is 1. The molecule has 4 rings (SSSR count). The first kappa shape index (κ1) is 16.6. The Hall–Kier alpha value is -2.83. The van der Waals surface area contributed by atoms with E-state index in [0.717, 1.165) is 41.5 Å². The van der Waals surface area contributed by atoms with Crippen LogP contribution in [0.1, 0.15) is 40.6 Å². The van der Waals surface area contributed by atoms with Gasteiger partial charge < -0.3 is 9.88 Å². The molecule has 1 fully saturated rings. The van der Waals surface area contributed by atoms with Crippen molar-refractivity contribution in [3.05, 3.63) is 59.2 Å². The molecular weight excluding hydrogens is 338 g/mol. The van der Waals surface area contributed by atoms with Crippen molar-refractivity contribution in [1.29, 1.82) is 0 Å². The van der Waals surface area contributed by atoms with Gasteiger partial charge in [0.2, 0.25) is 0 Å². The Morgan fingerprint density at radius 2 is 2.19 bits per heavy atom. The van der Waals surface area contributed by atoms with E-state index >= 15 is 0 Å². The van der Waals surface area contributed by atoms with Crippen molar-refractivity contribution in [2.24, 2.45) is 0 Å². The number of fused-ring (bicyclic) bond motifs is 1. The Bertz CT molecular complexity index is 985. The van der Waals surface area contributed by atoms with Gasteiger partial charge >= 0.3 is 0 Å². The first-order valence-corrected chi connectivity index (χ1v) is 8.58. The number of aromatic nitrogens is 3. The van der Waals surface area contributed by atoms with Crippen LogP contribution >= 0.6 is 0 Å². The van der Waals surface area contributed by atoms with E-state index in [0.29, 0.717) is 19.2 Å². The summed E-state index contributed by atoms with van der Waals surface area (Å²) in [7, 11) is 0. The van der Waals surface area contributed by atoms with E-state index in [4.69, 9.17) is 4.98 Å². The molecule has 0 radical (unpaired) electrons. The molecule has 0 spiro atoms. The smallest absolute Gasteiger partial charge is 0.275 e. The monoisotopic (exact) mass is 356 g/mol. The van der Waals surface area contributed by atoms with Crippen LogP contribution in [0.25, 0.3) is 11.0 Å². The molecule has 1 atom stereocenters. The second-order valence-corrected chi connectivity index (χ2v) is 6.67. The molecule has 1 N–H and O–H groups in total. The van der Waals surface area contributed by atoms with Crippen molar-refractivity contribution >= 4 is 16.9 Å². The zero-order valence-electron chi connectivity index (χ0n) is 14.3. The molecule has 0 aliphatic carbocycles. The summed E-state index contributed by atoms with van der Waals surface area (Å²) in [5.74, 6) is -1.37. The predicted octanol–water partition coefficient (Wildman–Crippen LogP) is 3.56. The largest absolute Gasteiger partial charge is 0.342 e. The third-order valence-electron chi connectivity index (χ3n) is 4.84. The molecule has 134 valence electrons. The Balaban J connectivity index is 1.58. The fourth-order valence-electron chi connectivity index (χ4n) is 3.49. The molecule has 0 saturated carbocycles. The third kappa shape index (κ3) is 2.94. The Labute approximate surface area is 149 Å². The van der Waals surface area contributed by atoms with E-state index in [-0.39, 0.29) is 11.6 Å². The van der Waals surface area contributed by atoms with Gasteiger partial charge in [-0.25, -0.2) is 18.7 Å². The molecule has 1 aliphatic heterocycles. The van der Waals surface area contributed by atoms with Gasteiger partial charge in [0.15, 0.2) is 11.5 Å². The molecule has 3 aromatic rings. The highest BCUT2D eigenvalue weighted by Crippen LogP contribution is 2.28. The summed E-state index contributed by atoms with van der Waals surface area (Å²) in [6, 6.07) is 6.64. The molecule has 1 aromatic carbocycles. The molecule has 26 heavy (non-hydrogen) atoms. The molecule has 0 unspecified atom stereocenters. The van der Waals surface area contributed by atoms with Gasteiger partial charge in [0.25, 0.3) is 5.91 Å². The molecule has 3 heterocycles. The maximum Gasteiger partial charge on any atom is 0.275 e. The summed E-state index contributed by atoms with van der Waals surface area (Å²) in [6.45, 7) is 2.95. The highest BCUT2D eigenvalue weighted by Gasteiger charge is 2.29. The van der Waals surface area contributed by atoms with E-state index in [9.17, 15) is 13.6 Å². The van der Waals surface area contributed by atoms with Crippen LogP contribution in [0.5, 0.6) is 0 Å². The van der Waals surface area contributed by atoms with Crippen molar-refractivity contribution < 1.29 is 13.6 Å². The average molecular weight is 356 g/mol. The lowest BCUT2D eigenvalue weighted by molar-refractivity contribution is 0.0693. The van der Waals surface area contributed by atoms with E-state index in [1.807, 2.05) is 25.1 Å². The topological polar surface area (TPSA) is 61.9 Å². The van der Waals surface area contributed by atoms with E-state index in [2.05, 4.69) is 9.97 Å². The summed E-state index contributed by atoms with van der Waals surface area (Å²) < 4.78 is 26.9. The van der Waals surface area contributed by atoms with Gasteiger partial charge in [0.05, 0.1) is 17.2 Å². The minimum absolute atomic E-state index is 0.0445. The summed E-state index contributed by atoms with van der Waals surface area (Å²) in [4.78, 5) is 25.8. The molecule has 0 bridgehead atoms.